The van der Waals surface area contributed by atoms with Crippen molar-refractivity contribution in [3.05, 3.63) is 71.4 Å². The average molecular weight is 382 g/mol. The number of nitrogens with one attached hydrogen (secondary N) is 2. The molecule has 0 aromatic heterocycles. The predicted molar refractivity (Wildman–Crippen MR) is 105 cm³/mol. The number of carbonyl (C=O) groups is 3. The number of rotatable bonds is 8. The second kappa shape index (κ2) is 9.91. The molecule has 0 spiro atoms. The second-order valence-corrected chi connectivity index (χ2v) is 6.12. The number of carbonyl (C=O) groups excluding carboxylic acids is 2. The summed E-state index contributed by atoms with van der Waals surface area (Å²) in [6.45, 7) is 1.58. The van der Waals surface area contributed by atoms with E-state index in [1.807, 2.05) is 0 Å². The highest BCUT2D eigenvalue weighted by molar-refractivity contribution is 6.05. The summed E-state index contributed by atoms with van der Waals surface area (Å²) in [7, 11) is 1.55. The molecule has 146 valence electrons. The van der Waals surface area contributed by atoms with Crippen molar-refractivity contribution in [3.63, 3.8) is 0 Å². The molecule has 2 amide bonds. The van der Waals surface area contributed by atoms with E-state index in [-0.39, 0.29) is 12.1 Å². The fourth-order valence-corrected chi connectivity index (χ4v) is 2.42. The van der Waals surface area contributed by atoms with Crippen molar-refractivity contribution in [2.24, 2.45) is 0 Å². The molecule has 0 aliphatic heterocycles. The maximum atomic E-state index is 12.6. The summed E-state index contributed by atoms with van der Waals surface area (Å²) in [6, 6.07) is 14.8. The predicted octanol–water partition coefficient (Wildman–Crippen LogP) is 2.45. The van der Waals surface area contributed by atoms with E-state index in [1.54, 1.807) is 68.6 Å². The Labute approximate surface area is 163 Å². The highest BCUT2D eigenvalue weighted by Gasteiger charge is 2.17. The molecule has 0 saturated heterocycles. The molecule has 0 bridgehead atoms. The Hall–Kier alpha value is -3.61. The van der Waals surface area contributed by atoms with Gasteiger partial charge in [0.25, 0.3) is 11.8 Å². The van der Waals surface area contributed by atoms with Gasteiger partial charge < -0.3 is 20.5 Å². The van der Waals surface area contributed by atoms with E-state index < -0.39 is 23.8 Å². The Bertz CT molecular complexity index is 860. The molecular formula is C21H22N2O5. The molecule has 2 aromatic carbocycles. The number of hydrogen-bond donors (Lipinski definition) is 3. The van der Waals surface area contributed by atoms with Crippen LogP contribution in [0.25, 0.3) is 6.08 Å². The molecule has 7 heteroatoms. The SMILES string of the molecule is COc1ccc(/C=C(/NC(=O)c2ccccc2)C(=O)N[C@@H](C)CC(=O)O)cc1. The topological polar surface area (TPSA) is 105 Å². The summed E-state index contributed by atoms with van der Waals surface area (Å²) >= 11 is 0. The van der Waals surface area contributed by atoms with Gasteiger partial charge in [-0.15, -0.1) is 0 Å². The van der Waals surface area contributed by atoms with E-state index >= 15 is 0 Å². The van der Waals surface area contributed by atoms with Crippen LogP contribution in [0.3, 0.4) is 0 Å². The molecule has 0 aliphatic rings. The van der Waals surface area contributed by atoms with Gasteiger partial charge in [0, 0.05) is 11.6 Å². The molecule has 0 heterocycles. The highest BCUT2D eigenvalue weighted by Crippen LogP contribution is 2.14. The first kappa shape index (κ1) is 20.7. The van der Waals surface area contributed by atoms with E-state index in [0.29, 0.717) is 16.9 Å². The Morgan fingerprint density at radius 1 is 1.07 bits per heavy atom. The third-order valence-electron chi connectivity index (χ3n) is 3.81. The molecular weight excluding hydrogens is 360 g/mol. The van der Waals surface area contributed by atoms with E-state index in [0.717, 1.165) is 0 Å². The van der Waals surface area contributed by atoms with Crippen molar-refractivity contribution in [3.8, 4) is 5.75 Å². The molecule has 0 unspecified atom stereocenters. The van der Waals surface area contributed by atoms with Gasteiger partial charge in [0.15, 0.2) is 0 Å². The Kier molecular flexibility index (Phi) is 7.33. The van der Waals surface area contributed by atoms with Crippen LogP contribution in [-0.4, -0.2) is 36.0 Å². The van der Waals surface area contributed by atoms with Crippen LogP contribution in [-0.2, 0) is 9.59 Å². The van der Waals surface area contributed by atoms with Crippen LogP contribution in [0.1, 0.15) is 29.3 Å². The average Bonchev–Trinajstić information content (AvgIpc) is 2.67. The number of hydrogen-bond acceptors (Lipinski definition) is 4. The third kappa shape index (κ3) is 6.28. The third-order valence-corrected chi connectivity index (χ3v) is 3.81. The number of ether oxygens (including phenoxy) is 1. The molecule has 0 fully saturated rings. The lowest BCUT2D eigenvalue weighted by Crippen LogP contribution is -2.40. The van der Waals surface area contributed by atoms with E-state index in [4.69, 9.17) is 9.84 Å². The van der Waals surface area contributed by atoms with Crippen molar-refractivity contribution < 1.29 is 24.2 Å². The number of carboxylic acid groups (broad SMARTS) is 1. The largest absolute Gasteiger partial charge is 0.497 e. The van der Waals surface area contributed by atoms with Gasteiger partial charge in [-0.2, -0.15) is 0 Å². The fraction of sp³-hybridized carbons (Fsp3) is 0.190. The second-order valence-electron chi connectivity index (χ2n) is 6.12. The Morgan fingerprint density at radius 2 is 1.71 bits per heavy atom. The van der Waals surface area contributed by atoms with Gasteiger partial charge in [-0.3, -0.25) is 14.4 Å². The molecule has 3 N–H and O–H groups in total. The van der Waals surface area contributed by atoms with Crippen molar-refractivity contribution in [2.45, 2.75) is 19.4 Å². The maximum absolute atomic E-state index is 12.6. The van der Waals surface area contributed by atoms with Gasteiger partial charge in [-0.25, -0.2) is 0 Å². The normalized spacial score (nSPS) is 12.0. The Balaban J connectivity index is 2.25. The summed E-state index contributed by atoms with van der Waals surface area (Å²) in [5.41, 5.74) is 1.08. The monoisotopic (exact) mass is 382 g/mol. The lowest BCUT2D eigenvalue weighted by atomic mass is 10.1. The number of benzene rings is 2. The van der Waals surface area contributed by atoms with Crippen LogP contribution in [0.5, 0.6) is 5.75 Å². The summed E-state index contributed by atoms with van der Waals surface area (Å²) < 4.78 is 5.11. The van der Waals surface area contributed by atoms with E-state index in [2.05, 4.69) is 10.6 Å². The van der Waals surface area contributed by atoms with Crippen LogP contribution in [0.4, 0.5) is 0 Å². The number of methoxy groups -OCH3 is 1. The van der Waals surface area contributed by atoms with Gasteiger partial charge >= 0.3 is 5.97 Å². The van der Waals surface area contributed by atoms with Gasteiger partial charge in [0.1, 0.15) is 11.4 Å². The first-order valence-electron chi connectivity index (χ1n) is 8.64. The zero-order valence-electron chi connectivity index (χ0n) is 15.6. The standard InChI is InChI=1S/C21H22N2O5/c1-14(12-19(24)25)22-21(27)18(13-15-8-10-17(28-2)11-9-15)23-20(26)16-6-4-3-5-7-16/h3-11,13-14H,12H2,1-2H3,(H,22,27)(H,23,26)(H,24,25)/b18-13+/t14-/m0/s1. The molecule has 2 aromatic rings. The fourth-order valence-electron chi connectivity index (χ4n) is 2.42. The minimum atomic E-state index is -1.03. The highest BCUT2D eigenvalue weighted by atomic mass is 16.5. The Morgan fingerprint density at radius 3 is 2.29 bits per heavy atom. The zero-order valence-corrected chi connectivity index (χ0v) is 15.6. The smallest absolute Gasteiger partial charge is 0.305 e. The van der Waals surface area contributed by atoms with Crippen molar-refractivity contribution >= 4 is 23.9 Å². The quantitative estimate of drug-likeness (QED) is 0.608. The van der Waals surface area contributed by atoms with Crippen molar-refractivity contribution in [2.75, 3.05) is 7.11 Å². The van der Waals surface area contributed by atoms with Gasteiger partial charge in [0.2, 0.25) is 0 Å². The molecule has 1 atom stereocenters. The van der Waals surface area contributed by atoms with Gasteiger partial charge in [0.05, 0.1) is 13.5 Å². The number of carboxylic acids is 1. The van der Waals surface area contributed by atoms with Crippen LogP contribution < -0.4 is 15.4 Å². The minimum absolute atomic E-state index is 0.0104. The lowest BCUT2D eigenvalue weighted by Gasteiger charge is -2.15. The number of amides is 2. The molecule has 7 nitrogen and oxygen atoms in total. The molecule has 0 radical (unpaired) electrons. The minimum Gasteiger partial charge on any atom is -0.497 e. The van der Waals surface area contributed by atoms with Crippen LogP contribution >= 0.6 is 0 Å². The van der Waals surface area contributed by atoms with Crippen LogP contribution in [0, 0.1) is 0 Å². The van der Waals surface area contributed by atoms with Crippen molar-refractivity contribution in [1.82, 2.24) is 10.6 Å². The van der Waals surface area contributed by atoms with Crippen molar-refractivity contribution in [1.29, 1.82) is 0 Å². The summed E-state index contributed by atoms with van der Waals surface area (Å²) in [4.78, 5) is 35.9. The zero-order chi connectivity index (χ0) is 20.5. The van der Waals surface area contributed by atoms with Gasteiger partial charge in [-0.05, 0) is 42.8 Å². The number of aliphatic carboxylic acids is 1. The summed E-state index contributed by atoms with van der Waals surface area (Å²) in [5.74, 6) is -1.39. The van der Waals surface area contributed by atoms with Crippen LogP contribution in [0.15, 0.2) is 60.3 Å². The molecule has 28 heavy (non-hydrogen) atoms. The molecule has 0 saturated carbocycles. The maximum Gasteiger partial charge on any atom is 0.305 e. The van der Waals surface area contributed by atoms with Crippen LogP contribution in [0.2, 0.25) is 0 Å². The lowest BCUT2D eigenvalue weighted by molar-refractivity contribution is -0.137. The molecule has 0 aliphatic carbocycles. The van der Waals surface area contributed by atoms with E-state index in [9.17, 15) is 14.4 Å². The van der Waals surface area contributed by atoms with E-state index in [1.165, 1.54) is 6.08 Å². The van der Waals surface area contributed by atoms with Gasteiger partial charge in [-0.1, -0.05) is 30.3 Å². The summed E-state index contributed by atoms with van der Waals surface area (Å²) in [5, 5.41) is 14.1. The first-order valence-corrected chi connectivity index (χ1v) is 8.64. The first-order chi connectivity index (χ1) is 13.4. The summed E-state index contributed by atoms with van der Waals surface area (Å²) in [6.07, 6.45) is 1.29. The molecule has 2 rings (SSSR count).